The van der Waals surface area contributed by atoms with E-state index in [4.69, 9.17) is 5.73 Å². The highest BCUT2D eigenvalue weighted by molar-refractivity contribution is 6.38. The molecule has 6 amide bonds. The lowest BCUT2D eigenvalue weighted by molar-refractivity contribution is -0.141. The average molecular weight is 771 g/mol. The van der Waals surface area contributed by atoms with Gasteiger partial charge in [0.05, 0.1) is 18.2 Å². The highest BCUT2D eigenvalue weighted by atomic mass is 19.1. The maximum Gasteiger partial charge on any atom is 0.339 e. The molecule has 55 heavy (non-hydrogen) atoms. The molecule has 0 spiro atoms. The van der Waals surface area contributed by atoms with Crippen LogP contribution < -0.4 is 32.3 Å². The lowest BCUT2D eigenvalue weighted by atomic mass is 9.83. The van der Waals surface area contributed by atoms with Crippen LogP contribution in [0.25, 0.3) is 0 Å². The van der Waals surface area contributed by atoms with Crippen molar-refractivity contribution in [2.24, 2.45) is 17.6 Å². The smallest absolute Gasteiger partial charge is 0.339 e. The highest BCUT2D eigenvalue weighted by Crippen LogP contribution is 2.28. The van der Waals surface area contributed by atoms with Crippen molar-refractivity contribution >= 4 is 47.2 Å². The van der Waals surface area contributed by atoms with Crippen molar-refractivity contribution in [2.75, 3.05) is 6.54 Å². The number of amides is 6. The van der Waals surface area contributed by atoms with E-state index in [1.807, 2.05) is 0 Å². The number of hydrogen-bond acceptors (Lipinski definition) is 8. The van der Waals surface area contributed by atoms with Crippen LogP contribution >= 0.6 is 0 Å². The summed E-state index contributed by atoms with van der Waals surface area (Å²) >= 11 is 0. The summed E-state index contributed by atoms with van der Waals surface area (Å²) in [6.07, 6.45) is 3.57. The lowest BCUT2D eigenvalue weighted by Crippen LogP contribution is -2.58. The third kappa shape index (κ3) is 12.4. The number of halogens is 2. The van der Waals surface area contributed by atoms with Gasteiger partial charge in [0.25, 0.3) is 11.8 Å². The van der Waals surface area contributed by atoms with Gasteiger partial charge in [0.1, 0.15) is 35.3 Å². The molecule has 0 aliphatic heterocycles. The Bertz CT molecular complexity index is 1750. The fraction of sp³-hybridized carbons (Fsp3) is 0.474. The van der Waals surface area contributed by atoms with E-state index in [1.54, 1.807) is 51.1 Å². The third-order valence-electron chi connectivity index (χ3n) is 9.14. The molecule has 2 aromatic carbocycles. The molecule has 298 valence electrons. The minimum Gasteiger partial charge on any atom is -0.478 e. The van der Waals surface area contributed by atoms with Gasteiger partial charge in [0.2, 0.25) is 29.4 Å². The Morgan fingerprint density at radius 1 is 0.800 bits per heavy atom. The molecule has 1 aliphatic rings. The zero-order chi connectivity index (χ0) is 40.8. The minimum absolute atomic E-state index is 0.0101. The predicted molar refractivity (Wildman–Crippen MR) is 194 cm³/mol. The van der Waals surface area contributed by atoms with Crippen molar-refractivity contribution in [3.63, 3.8) is 0 Å². The van der Waals surface area contributed by atoms with Crippen LogP contribution in [0, 0.1) is 23.5 Å². The van der Waals surface area contributed by atoms with Crippen molar-refractivity contribution in [1.82, 2.24) is 26.6 Å². The number of carboxylic acids is 1. The van der Waals surface area contributed by atoms with Crippen molar-refractivity contribution < 1.29 is 52.2 Å². The number of hydrogen-bond donors (Lipinski definition) is 7. The molecule has 1 saturated carbocycles. The Morgan fingerprint density at radius 3 is 1.96 bits per heavy atom. The Kier molecular flexibility index (Phi) is 16.4. The molecular formula is C38H48F2N6O9. The van der Waals surface area contributed by atoms with Crippen molar-refractivity contribution in [3.05, 3.63) is 70.8 Å². The molecule has 1 unspecified atom stereocenters. The predicted octanol–water partition coefficient (Wildman–Crippen LogP) is 2.19. The number of ketones is 1. The van der Waals surface area contributed by atoms with E-state index >= 15 is 0 Å². The molecule has 8 N–H and O–H groups in total. The van der Waals surface area contributed by atoms with E-state index < -0.39 is 107 Å². The standard InChI is InChI=1S/C38H48F2N6O9/c1-4-11-25(32(48)37(53)42-19-27(47)45-30(33(41)49)21-12-7-5-8-13-21)43-34(50)26(18-20(2)3)44-36(52)31(22-14-9-6-10-15-22)46-35(51)28-23(39)16-17-24(40)29(28)38(54)55/h5,7-8,12-13,16-17,20,22,25-26,30-31H,4,6,9-11,14-15,18-19H2,1-3H3,(H2,41,49)(H,42,53)(H,43,50)(H,44,52)(H,45,47)(H,46,51)(H,54,55)/t25?,26-,30-,31-/m0/s1. The first-order chi connectivity index (χ1) is 26.0. The second-order valence-corrected chi connectivity index (χ2v) is 13.8. The molecule has 2 aromatic rings. The summed E-state index contributed by atoms with van der Waals surface area (Å²) in [6, 6.07) is 4.06. The second-order valence-electron chi connectivity index (χ2n) is 13.8. The van der Waals surface area contributed by atoms with E-state index in [-0.39, 0.29) is 18.8 Å². The van der Waals surface area contributed by atoms with Crippen LogP contribution in [0.15, 0.2) is 42.5 Å². The number of carboxylic acid groups (broad SMARTS) is 1. The summed E-state index contributed by atoms with van der Waals surface area (Å²) in [5.74, 6) is -12.2. The summed E-state index contributed by atoms with van der Waals surface area (Å²) in [5, 5.41) is 21.6. The summed E-state index contributed by atoms with van der Waals surface area (Å²) < 4.78 is 29.2. The van der Waals surface area contributed by atoms with E-state index in [0.29, 0.717) is 49.8 Å². The number of Topliss-reactive ketones (excluding diaryl/α,β-unsaturated/α-hetero) is 1. The number of benzene rings is 2. The molecule has 17 heteroatoms. The van der Waals surface area contributed by atoms with Crippen LogP contribution in [0.5, 0.6) is 0 Å². The van der Waals surface area contributed by atoms with Gasteiger partial charge < -0.3 is 37.4 Å². The average Bonchev–Trinajstić information content (AvgIpc) is 3.15. The van der Waals surface area contributed by atoms with Gasteiger partial charge >= 0.3 is 5.97 Å². The van der Waals surface area contributed by atoms with Gasteiger partial charge in [-0.05, 0) is 55.2 Å². The second kappa shape index (κ2) is 20.6. The number of rotatable bonds is 19. The van der Waals surface area contributed by atoms with E-state index in [1.165, 1.54) is 0 Å². The normalized spacial score (nSPS) is 15.1. The van der Waals surface area contributed by atoms with Gasteiger partial charge in [-0.2, -0.15) is 0 Å². The van der Waals surface area contributed by atoms with E-state index in [0.717, 1.165) is 6.42 Å². The maximum atomic E-state index is 14.8. The van der Waals surface area contributed by atoms with Gasteiger partial charge in [0.15, 0.2) is 0 Å². The Labute approximate surface area is 316 Å². The molecule has 0 heterocycles. The first kappa shape index (κ1) is 43.7. The van der Waals surface area contributed by atoms with Crippen molar-refractivity contribution in [1.29, 1.82) is 0 Å². The van der Waals surface area contributed by atoms with E-state index in [2.05, 4.69) is 26.6 Å². The molecule has 0 aromatic heterocycles. The zero-order valence-electron chi connectivity index (χ0n) is 30.9. The molecule has 0 bridgehead atoms. The SMILES string of the molecule is CCCC(NC(=O)[C@H](CC(C)C)NC(=O)[C@@H](NC(=O)c1c(F)ccc(F)c1C(=O)O)C1CCCCC1)C(=O)C(=O)NCC(=O)N[C@H](C(N)=O)c1ccccc1. The number of primary amides is 1. The van der Waals surface area contributed by atoms with Crippen LogP contribution in [0.4, 0.5) is 8.78 Å². The van der Waals surface area contributed by atoms with Crippen LogP contribution in [0.2, 0.25) is 0 Å². The summed E-state index contributed by atoms with van der Waals surface area (Å²) in [6.45, 7) is 4.54. The quantitative estimate of drug-likeness (QED) is 0.103. The third-order valence-corrected chi connectivity index (χ3v) is 9.14. The molecule has 0 radical (unpaired) electrons. The van der Waals surface area contributed by atoms with Crippen LogP contribution in [0.3, 0.4) is 0 Å². The van der Waals surface area contributed by atoms with Gasteiger partial charge in [-0.1, -0.05) is 76.8 Å². The van der Waals surface area contributed by atoms with Gasteiger partial charge in [0, 0.05) is 0 Å². The lowest BCUT2D eigenvalue weighted by Gasteiger charge is -2.32. The van der Waals surface area contributed by atoms with Crippen molar-refractivity contribution in [3.8, 4) is 0 Å². The fourth-order valence-electron chi connectivity index (χ4n) is 6.44. The van der Waals surface area contributed by atoms with Crippen molar-refractivity contribution in [2.45, 2.75) is 96.3 Å². The van der Waals surface area contributed by atoms with E-state index in [9.17, 15) is 52.2 Å². The molecule has 0 saturated heterocycles. The first-order valence-electron chi connectivity index (χ1n) is 18.1. The highest BCUT2D eigenvalue weighted by Gasteiger charge is 2.37. The maximum absolute atomic E-state index is 14.8. The molecule has 1 fully saturated rings. The van der Waals surface area contributed by atoms with Gasteiger partial charge in [-0.3, -0.25) is 33.6 Å². The minimum atomic E-state index is -1.89. The van der Waals surface area contributed by atoms with Crippen LogP contribution in [-0.4, -0.2) is 77.0 Å². The first-order valence-corrected chi connectivity index (χ1v) is 18.1. The Morgan fingerprint density at radius 2 is 1.40 bits per heavy atom. The van der Waals surface area contributed by atoms with Gasteiger partial charge in [-0.25, -0.2) is 13.6 Å². The molecular weight excluding hydrogens is 722 g/mol. The Hall–Kier alpha value is -5.74. The summed E-state index contributed by atoms with van der Waals surface area (Å²) in [7, 11) is 0. The zero-order valence-corrected chi connectivity index (χ0v) is 30.9. The fourth-order valence-corrected chi connectivity index (χ4v) is 6.44. The summed E-state index contributed by atoms with van der Waals surface area (Å²) in [5.41, 5.74) is 3.54. The number of nitrogens with two attached hydrogens (primary N) is 1. The molecule has 3 rings (SSSR count). The largest absolute Gasteiger partial charge is 0.478 e. The summed E-state index contributed by atoms with van der Waals surface area (Å²) in [4.78, 5) is 103. The number of aromatic carboxylic acids is 1. The molecule has 4 atom stereocenters. The number of nitrogens with one attached hydrogen (secondary N) is 5. The van der Waals surface area contributed by atoms with Crippen LogP contribution in [-0.2, 0) is 28.8 Å². The monoisotopic (exact) mass is 770 g/mol. The molecule has 1 aliphatic carbocycles. The van der Waals surface area contributed by atoms with Crippen LogP contribution in [0.1, 0.15) is 104 Å². The molecule has 15 nitrogen and oxygen atoms in total. The number of carbonyl (C=O) groups is 8. The Balaban J connectivity index is 1.76. The number of carbonyl (C=O) groups excluding carboxylic acids is 7. The topological polar surface area (TPSA) is 243 Å². The van der Waals surface area contributed by atoms with Gasteiger partial charge in [-0.15, -0.1) is 0 Å².